The van der Waals surface area contributed by atoms with Crippen molar-refractivity contribution in [2.24, 2.45) is 0 Å². The Hall–Kier alpha value is -1.72. The van der Waals surface area contributed by atoms with E-state index >= 15 is 0 Å². The van der Waals surface area contributed by atoms with Gasteiger partial charge in [0.2, 0.25) is 0 Å². The molecule has 1 heterocycles. The second kappa shape index (κ2) is 6.15. The molecule has 0 spiro atoms. The molecule has 0 bridgehead atoms. The van der Waals surface area contributed by atoms with Crippen molar-refractivity contribution in [1.29, 1.82) is 10.5 Å². The van der Waals surface area contributed by atoms with Crippen LogP contribution in [-0.2, 0) is 0 Å². The third-order valence-electron chi connectivity index (χ3n) is 2.79. The number of hydrogen-bond donors (Lipinski definition) is 1. The average molecular weight is 322 g/mol. The lowest BCUT2D eigenvalue weighted by Crippen LogP contribution is -2.06. The number of thiophene rings is 1. The fourth-order valence-electron chi connectivity index (χ4n) is 1.80. The Morgan fingerprint density at radius 1 is 1.15 bits per heavy atom. The van der Waals surface area contributed by atoms with Crippen LogP contribution in [0.3, 0.4) is 0 Å². The molecule has 0 radical (unpaired) electrons. The molecule has 0 saturated heterocycles. The van der Waals surface area contributed by atoms with Gasteiger partial charge in [0.15, 0.2) is 0 Å². The topological polar surface area (TPSA) is 59.6 Å². The normalized spacial score (nSPS) is 11.4. The maximum absolute atomic E-state index is 9.01. The SMILES string of the molecule is CC(Nc1ccc(C#N)c(C#N)c1)c1cc(Cl)sc1Cl. The lowest BCUT2D eigenvalue weighted by molar-refractivity contribution is 0.890. The van der Waals surface area contributed by atoms with Crippen LogP contribution in [-0.4, -0.2) is 0 Å². The van der Waals surface area contributed by atoms with Gasteiger partial charge in [-0.15, -0.1) is 11.3 Å². The third-order valence-corrected chi connectivity index (χ3v) is 4.31. The van der Waals surface area contributed by atoms with Crippen LogP contribution in [0.15, 0.2) is 24.3 Å². The first kappa shape index (κ1) is 14.7. The summed E-state index contributed by atoms with van der Waals surface area (Å²) in [4.78, 5) is 0. The van der Waals surface area contributed by atoms with E-state index in [2.05, 4.69) is 5.32 Å². The van der Waals surface area contributed by atoms with Gasteiger partial charge in [-0.25, -0.2) is 0 Å². The predicted octanol–water partition coefficient (Wildman–Crippen LogP) is 4.97. The lowest BCUT2D eigenvalue weighted by atomic mass is 10.1. The Kier molecular flexibility index (Phi) is 4.52. The maximum atomic E-state index is 9.01. The summed E-state index contributed by atoms with van der Waals surface area (Å²) < 4.78 is 1.28. The molecule has 0 aliphatic heterocycles. The van der Waals surface area contributed by atoms with Gasteiger partial charge < -0.3 is 5.32 Å². The molecule has 1 atom stereocenters. The minimum atomic E-state index is -0.0503. The molecule has 0 aliphatic carbocycles. The highest BCUT2D eigenvalue weighted by atomic mass is 35.5. The minimum Gasteiger partial charge on any atom is -0.378 e. The zero-order valence-electron chi connectivity index (χ0n) is 10.4. The Bertz CT molecular complexity index is 725. The van der Waals surface area contributed by atoms with Gasteiger partial charge in [-0.2, -0.15) is 10.5 Å². The van der Waals surface area contributed by atoms with Gasteiger partial charge >= 0.3 is 0 Å². The number of anilines is 1. The van der Waals surface area contributed by atoms with Crippen molar-refractivity contribution in [3.63, 3.8) is 0 Å². The summed E-state index contributed by atoms with van der Waals surface area (Å²) in [5, 5.41) is 21.1. The lowest BCUT2D eigenvalue weighted by Gasteiger charge is -2.15. The number of benzene rings is 1. The van der Waals surface area contributed by atoms with Gasteiger partial charge in [-0.05, 0) is 31.2 Å². The van der Waals surface area contributed by atoms with E-state index < -0.39 is 0 Å². The summed E-state index contributed by atoms with van der Waals surface area (Å²) in [6.45, 7) is 1.95. The molecule has 6 heteroatoms. The average Bonchev–Trinajstić information content (AvgIpc) is 2.77. The fourth-order valence-corrected chi connectivity index (χ4v) is 3.45. The molecule has 1 aromatic carbocycles. The molecule has 2 rings (SSSR count). The molecular weight excluding hydrogens is 313 g/mol. The van der Waals surface area contributed by atoms with E-state index in [-0.39, 0.29) is 6.04 Å². The molecule has 0 fully saturated rings. The summed E-state index contributed by atoms with van der Waals surface area (Å²) in [5.74, 6) is 0. The summed E-state index contributed by atoms with van der Waals surface area (Å²) in [5.41, 5.74) is 2.37. The predicted molar refractivity (Wildman–Crippen MR) is 82.2 cm³/mol. The van der Waals surface area contributed by atoms with E-state index in [1.54, 1.807) is 18.2 Å². The fraction of sp³-hybridized carbons (Fsp3) is 0.143. The van der Waals surface area contributed by atoms with E-state index in [4.69, 9.17) is 33.7 Å². The second-order valence-corrected chi connectivity index (χ2v) is 6.42. The molecule has 0 amide bonds. The molecule has 100 valence electrons. The van der Waals surface area contributed by atoms with Crippen molar-refractivity contribution in [3.8, 4) is 12.1 Å². The van der Waals surface area contributed by atoms with Crippen molar-refractivity contribution in [3.05, 3.63) is 49.6 Å². The first-order valence-corrected chi connectivity index (χ1v) is 7.28. The largest absolute Gasteiger partial charge is 0.378 e. The van der Waals surface area contributed by atoms with E-state index in [1.165, 1.54) is 11.3 Å². The molecule has 3 nitrogen and oxygen atoms in total. The third kappa shape index (κ3) is 3.05. The summed E-state index contributed by atoms with van der Waals surface area (Å²) in [6.07, 6.45) is 0. The van der Waals surface area contributed by atoms with Crippen molar-refractivity contribution in [2.45, 2.75) is 13.0 Å². The number of nitrogens with zero attached hydrogens (tertiary/aromatic N) is 2. The zero-order valence-corrected chi connectivity index (χ0v) is 12.8. The number of nitriles is 2. The van der Waals surface area contributed by atoms with Crippen LogP contribution in [0.4, 0.5) is 5.69 Å². The Morgan fingerprint density at radius 3 is 2.40 bits per heavy atom. The molecule has 0 saturated carbocycles. The molecule has 2 aromatic rings. The van der Waals surface area contributed by atoms with E-state index in [0.29, 0.717) is 19.8 Å². The van der Waals surface area contributed by atoms with Crippen LogP contribution in [0.1, 0.15) is 29.7 Å². The highest BCUT2D eigenvalue weighted by molar-refractivity contribution is 7.20. The summed E-state index contributed by atoms with van der Waals surface area (Å²) >= 11 is 13.4. The number of halogens is 2. The van der Waals surface area contributed by atoms with Crippen LogP contribution in [0, 0.1) is 22.7 Å². The maximum Gasteiger partial charge on any atom is 0.101 e. The number of rotatable bonds is 3. The van der Waals surface area contributed by atoms with Crippen LogP contribution >= 0.6 is 34.5 Å². The quantitative estimate of drug-likeness (QED) is 0.868. The second-order valence-electron chi connectivity index (χ2n) is 4.13. The zero-order chi connectivity index (χ0) is 14.7. The van der Waals surface area contributed by atoms with Gasteiger partial charge in [-0.1, -0.05) is 23.2 Å². The van der Waals surface area contributed by atoms with Crippen molar-refractivity contribution < 1.29 is 0 Å². The smallest absolute Gasteiger partial charge is 0.101 e. The van der Waals surface area contributed by atoms with Crippen molar-refractivity contribution in [1.82, 2.24) is 0 Å². The van der Waals surface area contributed by atoms with Gasteiger partial charge in [-0.3, -0.25) is 0 Å². The summed E-state index contributed by atoms with van der Waals surface area (Å²) in [7, 11) is 0. The van der Waals surface area contributed by atoms with Gasteiger partial charge in [0.05, 0.1) is 25.8 Å². The van der Waals surface area contributed by atoms with Crippen LogP contribution in [0.25, 0.3) is 0 Å². The Balaban J connectivity index is 2.25. The highest BCUT2D eigenvalue weighted by Crippen LogP contribution is 2.36. The van der Waals surface area contributed by atoms with Crippen molar-refractivity contribution in [2.75, 3.05) is 5.32 Å². The minimum absolute atomic E-state index is 0.0503. The Labute approximate surface area is 131 Å². The molecule has 1 unspecified atom stereocenters. The van der Waals surface area contributed by atoms with Gasteiger partial charge in [0, 0.05) is 11.3 Å². The van der Waals surface area contributed by atoms with E-state index in [1.807, 2.05) is 25.1 Å². The molecule has 1 N–H and O–H groups in total. The molecule has 1 aromatic heterocycles. The Morgan fingerprint density at radius 2 is 1.85 bits per heavy atom. The van der Waals surface area contributed by atoms with Crippen LogP contribution < -0.4 is 5.32 Å². The first-order valence-electron chi connectivity index (χ1n) is 5.70. The summed E-state index contributed by atoms with van der Waals surface area (Å²) in [6, 6.07) is 10.8. The number of hydrogen-bond acceptors (Lipinski definition) is 4. The standard InChI is InChI=1S/C14H9Cl2N3S/c1-8(12-5-13(15)20-14(12)16)19-11-3-2-9(6-17)10(4-11)7-18/h2-5,8,19H,1H3. The molecule has 20 heavy (non-hydrogen) atoms. The first-order chi connectivity index (χ1) is 9.55. The van der Waals surface area contributed by atoms with Crippen molar-refractivity contribution >= 4 is 40.2 Å². The molecular formula is C14H9Cl2N3S. The van der Waals surface area contributed by atoms with Crippen LogP contribution in [0.2, 0.25) is 8.67 Å². The van der Waals surface area contributed by atoms with Crippen LogP contribution in [0.5, 0.6) is 0 Å². The monoisotopic (exact) mass is 321 g/mol. The number of nitrogens with one attached hydrogen (secondary N) is 1. The highest BCUT2D eigenvalue weighted by Gasteiger charge is 2.14. The molecule has 0 aliphatic rings. The van der Waals surface area contributed by atoms with Gasteiger partial charge in [0.1, 0.15) is 12.1 Å². The van der Waals surface area contributed by atoms with Gasteiger partial charge in [0.25, 0.3) is 0 Å². The van der Waals surface area contributed by atoms with E-state index in [0.717, 1.165) is 11.3 Å². The van der Waals surface area contributed by atoms with E-state index in [9.17, 15) is 0 Å².